The average molecular weight is 326 g/mol. The zero-order valence-electron chi connectivity index (χ0n) is 12.8. The van der Waals surface area contributed by atoms with Crippen LogP contribution in [0.5, 0.6) is 0 Å². The van der Waals surface area contributed by atoms with Crippen molar-refractivity contribution in [1.29, 1.82) is 0 Å². The molecule has 1 saturated heterocycles. The van der Waals surface area contributed by atoms with Gasteiger partial charge in [0.2, 0.25) is 15.9 Å². The second-order valence-electron chi connectivity index (χ2n) is 5.32. The third-order valence-corrected chi connectivity index (χ3v) is 5.54. The fraction of sp³-hybridized carbons (Fsp3) is 0.571. The molecule has 1 aromatic rings. The number of carbonyl (C=O) groups excluding carboxylic acids is 1. The molecule has 1 aliphatic heterocycles. The summed E-state index contributed by atoms with van der Waals surface area (Å²) >= 11 is 0. The molecule has 1 aromatic heterocycles. The predicted octanol–water partition coefficient (Wildman–Crippen LogP) is 0.609. The van der Waals surface area contributed by atoms with Gasteiger partial charge in [-0.1, -0.05) is 6.08 Å². The van der Waals surface area contributed by atoms with Gasteiger partial charge in [-0.15, -0.1) is 6.58 Å². The highest BCUT2D eigenvalue weighted by Crippen LogP contribution is 2.17. The maximum Gasteiger partial charge on any atom is 0.246 e. The normalized spacial score (nSPS) is 17.2. The van der Waals surface area contributed by atoms with Crippen molar-refractivity contribution in [3.8, 4) is 0 Å². The number of amides is 1. The molecule has 0 spiro atoms. The van der Waals surface area contributed by atoms with Gasteiger partial charge in [0.05, 0.1) is 6.20 Å². The minimum Gasteiger partial charge on any atom is -0.341 e. The lowest BCUT2D eigenvalue weighted by molar-refractivity contribution is -0.130. The van der Waals surface area contributed by atoms with E-state index in [9.17, 15) is 13.2 Å². The smallest absolute Gasteiger partial charge is 0.246 e. The van der Waals surface area contributed by atoms with Crippen LogP contribution in [0.25, 0.3) is 0 Å². The van der Waals surface area contributed by atoms with Gasteiger partial charge in [0, 0.05) is 45.8 Å². The Labute approximate surface area is 131 Å². The summed E-state index contributed by atoms with van der Waals surface area (Å²) < 4.78 is 28.0. The zero-order chi connectivity index (χ0) is 16.2. The summed E-state index contributed by atoms with van der Waals surface area (Å²) in [6, 6.07) is 0. The van der Waals surface area contributed by atoms with Crippen LogP contribution in [0.2, 0.25) is 0 Å². The van der Waals surface area contributed by atoms with Crippen LogP contribution in [0, 0.1) is 0 Å². The van der Waals surface area contributed by atoms with Crippen molar-refractivity contribution in [2.45, 2.75) is 24.2 Å². The lowest BCUT2D eigenvalue weighted by Crippen LogP contribution is -2.37. The van der Waals surface area contributed by atoms with Crippen molar-refractivity contribution < 1.29 is 13.2 Å². The molecule has 1 aliphatic rings. The zero-order valence-corrected chi connectivity index (χ0v) is 13.6. The number of allylic oxidation sites excluding steroid dienone is 1. The van der Waals surface area contributed by atoms with Gasteiger partial charge in [-0.3, -0.25) is 9.48 Å². The summed E-state index contributed by atoms with van der Waals surface area (Å²) in [4.78, 5) is 14.0. The molecule has 2 heterocycles. The number of hydrogen-bond donors (Lipinski definition) is 0. The molecule has 1 amide bonds. The molecule has 0 N–H and O–H groups in total. The SMILES string of the molecule is C=CCCC(=O)N1CCCN(S(=O)(=O)c2cnn(C)c2)CC1. The van der Waals surface area contributed by atoms with Crippen molar-refractivity contribution in [1.82, 2.24) is 19.0 Å². The molecule has 8 heteroatoms. The second kappa shape index (κ2) is 7.06. The molecule has 0 aliphatic carbocycles. The molecule has 0 saturated carbocycles. The summed E-state index contributed by atoms with van der Waals surface area (Å²) in [6.45, 7) is 5.36. The third-order valence-electron chi connectivity index (χ3n) is 3.69. The van der Waals surface area contributed by atoms with E-state index >= 15 is 0 Å². The summed E-state index contributed by atoms with van der Waals surface area (Å²) in [5, 5.41) is 3.92. The fourth-order valence-electron chi connectivity index (χ4n) is 2.45. The quantitative estimate of drug-likeness (QED) is 0.743. The topological polar surface area (TPSA) is 75.5 Å². The highest BCUT2D eigenvalue weighted by molar-refractivity contribution is 7.89. The maximum atomic E-state index is 12.6. The van der Waals surface area contributed by atoms with Gasteiger partial charge in [-0.05, 0) is 12.8 Å². The number of hydrogen-bond acceptors (Lipinski definition) is 4. The minimum atomic E-state index is -3.53. The Balaban J connectivity index is 2.03. The predicted molar refractivity (Wildman–Crippen MR) is 82.6 cm³/mol. The maximum absolute atomic E-state index is 12.6. The summed E-state index contributed by atoms with van der Waals surface area (Å²) in [5.74, 6) is 0.0560. The first-order valence-electron chi connectivity index (χ1n) is 7.32. The van der Waals surface area contributed by atoms with E-state index < -0.39 is 10.0 Å². The van der Waals surface area contributed by atoms with Gasteiger partial charge >= 0.3 is 0 Å². The Morgan fingerprint density at radius 3 is 2.77 bits per heavy atom. The van der Waals surface area contributed by atoms with Gasteiger partial charge in [0.1, 0.15) is 4.90 Å². The van der Waals surface area contributed by atoms with Crippen LogP contribution in [-0.2, 0) is 21.9 Å². The van der Waals surface area contributed by atoms with E-state index in [0.717, 1.165) is 0 Å². The molecule has 0 radical (unpaired) electrons. The molecule has 2 rings (SSSR count). The molecule has 7 nitrogen and oxygen atoms in total. The highest BCUT2D eigenvalue weighted by atomic mass is 32.2. The highest BCUT2D eigenvalue weighted by Gasteiger charge is 2.28. The van der Waals surface area contributed by atoms with Gasteiger partial charge in [0.15, 0.2) is 0 Å². The Bertz CT molecular complexity index is 638. The summed E-state index contributed by atoms with van der Waals surface area (Å²) in [5.41, 5.74) is 0. The molecule has 1 fully saturated rings. The third kappa shape index (κ3) is 3.75. The largest absolute Gasteiger partial charge is 0.341 e. The summed E-state index contributed by atoms with van der Waals surface area (Å²) in [7, 11) is -1.85. The fourth-order valence-corrected chi connectivity index (χ4v) is 3.90. The van der Waals surface area contributed by atoms with Gasteiger partial charge in [0.25, 0.3) is 0 Å². The first kappa shape index (κ1) is 16.7. The van der Waals surface area contributed by atoms with Crippen LogP contribution in [0.3, 0.4) is 0 Å². The van der Waals surface area contributed by atoms with Crippen molar-refractivity contribution in [3.63, 3.8) is 0 Å². The number of aromatic nitrogens is 2. The van der Waals surface area contributed by atoms with Crippen LogP contribution in [0.4, 0.5) is 0 Å². The molecule has 0 aromatic carbocycles. The Morgan fingerprint density at radius 2 is 2.14 bits per heavy atom. The van der Waals surface area contributed by atoms with E-state index in [0.29, 0.717) is 45.4 Å². The first-order chi connectivity index (χ1) is 10.4. The number of nitrogens with zero attached hydrogens (tertiary/aromatic N) is 4. The van der Waals surface area contributed by atoms with Crippen molar-refractivity contribution in [3.05, 3.63) is 25.0 Å². The van der Waals surface area contributed by atoms with Gasteiger partial charge in [-0.25, -0.2) is 8.42 Å². The molecule has 22 heavy (non-hydrogen) atoms. The van der Waals surface area contributed by atoms with Crippen LogP contribution in [-0.4, -0.2) is 59.5 Å². The number of rotatable bonds is 5. The van der Waals surface area contributed by atoms with Crippen molar-refractivity contribution >= 4 is 15.9 Å². The van der Waals surface area contributed by atoms with E-state index in [-0.39, 0.29) is 10.8 Å². The van der Waals surface area contributed by atoms with E-state index in [1.54, 1.807) is 18.0 Å². The van der Waals surface area contributed by atoms with E-state index in [2.05, 4.69) is 11.7 Å². The van der Waals surface area contributed by atoms with Crippen LogP contribution < -0.4 is 0 Å². The molecule has 0 bridgehead atoms. The van der Waals surface area contributed by atoms with Gasteiger partial charge in [-0.2, -0.15) is 9.40 Å². The Kier molecular flexibility index (Phi) is 5.36. The van der Waals surface area contributed by atoms with Crippen LogP contribution >= 0.6 is 0 Å². The van der Waals surface area contributed by atoms with E-state index in [4.69, 9.17) is 0 Å². The number of sulfonamides is 1. The van der Waals surface area contributed by atoms with Crippen LogP contribution in [0.15, 0.2) is 29.9 Å². The standard InChI is InChI=1S/C14H22N4O3S/c1-3-4-6-14(19)17-7-5-8-18(10-9-17)22(20,21)13-11-15-16(2)12-13/h3,11-12H,1,4-10H2,2H3. The molecule has 122 valence electrons. The Hall–Kier alpha value is -1.67. The van der Waals surface area contributed by atoms with Crippen LogP contribution in [0.1, 0.15) is 19.3 Å². The van der Waals surface area contributed by atoms with Crippen molar-refractivity contribution in [2.75, 3.05) is 26.2 Å². The number of aryl methyl sites for hydroxylation is 1. The molecular formula is C14H22N4O3S. The van der Waals surface area contributed by atoms with E-state index in [1.807, 2.05) is 0 Å². The van der Waals surface area contributed by atoms with Gasteiger partial charge < -0.3 is 4.90 Å². The molecular weight excluding hydrogens is 304 g/mol. The summed E-state index contributed by atoms with van der Waals surface area (Å²) in [6.07, 6.45) is 6.28. The lowest BCUT2D eigenvalue weighted by atomic mass is 10.2. The van der Waals surface area contributed by atoms with Crippen molar-refractivity contribution in [2.24, 2.45) is 7.05 Å². The lowest BCUT2D eigenvalue weighted by Gasteiger charge is -2.21. The average Bonchev–Trinajstić information content (AvgIpc) is 2.77. The number of carbonyl (C=O) groups is 1. The second-order valence-corrected chi connectivity index (χ2v) is 7.25. The molecule has 0 unspecified atom stereocenters. The first-order valence-corrected chi connectivity index (χ1v) is 8.76. The minimum absolute atomic E-state index is 0.0560. The Morgan fingerprint density at radius 1 is 1.36 bits per heavy atom. The monoisotopic (exact) mass is 326 g/mol. The van der Waals surface area contributed by atoms with E-state index in [1.165, 1.54) is 21.4 Å². The molecule has 0 atom stereocenters.